The van der Waals surface area contributed by atoms with Gasteiger partial charge in [0.2, 0.25) is 23.6 Å². The number of amides is 6. The number of aryl methyl sites for hydroxylation is 2. The third-order valence-corrected chi connectivity index (χ3v) is 26.2. The number of carbonyl (C=O) groups is 8. The second kappa shape index (κ2) is 48.8. The van der Waals surface area contributed by atoms with Gasteiger partial charge in [-0.1, -0.05) is 79.8 Å². The number of aliphatic hydroxyl groups excluding tert-OH is 4. The van der Waals surface area contributed by atoms with Crippen LogP contribution in [-0.2, 0) is 97.3 Å². The molecule has 38 nitrogen and oxygen atoms in total. The SMILES string of the molecule is O=C(CCCc1ccc(N2C(=O)C=CC2=O)cc1)Nc1ccc(-c2c3ccc(=O)cc-3oc3cc(O)ccc23)c(C(=O)O)c1.[3H][C@H]1C[C@@H](O)[C@@H](COP(=O)(O)O[C@@H]2C(OC/C=C/C=C/C)[CH-]O[C@@H]2CO)O1.[3H][C@H]1C[C@@H](O)[C@@H](COP(=O)(O)O[C@@H]2C(OCC3C=CC(C)C4C(=O)N(c5ccc(CCCC(=O)Nc6ccc(-c7c8ccc(=O)cc-8oc8cc(O)ccc78)c(C(=O)O)c6)cc5)C(=O)C34)[CH-]O[C@@H]2CO)O1.[U].[U]. The van der Waals surface area contributed by atoms with Crippen molar-refractivity contribution in [2.75, 3.05) is 73.2 Å². The molecule has 744 valence electrons. The van der Waals surface area contributed by atoms with E-state index in [9.17, 15) is 108 Å². The van der Waals surface area contributed by atoms with Gasteiger partial charge in [-0.05, 0) is 183 Å². The topological polar surface area (TPSA) is 556 Å². The van der Waals surface area contributed by atoms with E-state index in [2.05, 4.69) is 10.6 Å². The average Bonchev–Trinajstić information content (AvgIpc) is 1.60. The number of hydrogen-bond acceptors (Lipinski definition) is 30. The second-order valence-corrected chi connectivity index (χ2v) is 36.5. The standard InChI is InChI=1S/C50H50N2O17P.C34H24N2O8.C16H26O9P.2U/c1-26-5-8-28(23-65-42-24-66-40(22-53)47(42)69-70(62,63)67-25-41-37(56)17-18-64-41)45-44(26)48(58)52(49(45)59)30-10-6-27(7-11-30)3-2-4-43(57)51-29-9-14-33(36(19-29)50(60)61)46-34-15-12-31(54)20-38(34)68-39-21-32(55)13-16-35(39)46;37-22-9-12-25-28(17-22)44-29-18-23(38)10-13-26(29)33(25)24-11-6-20(16-27(24)34(42)43)35-30(39)3-1-2-19-4-7-21(8-5-19)36-31(40)14-15-32(36)41;1-2-3-4-5-7-21-15-10-23-13(9-17)16(15)25-26(19,20)24-11-14-12(18)6-8-22-14;;/h5-16,19-21,24,26,28,37,40-42,44-45,47,53-54,56H,2-4,17-18,22-23,25H2,1H3,(H,51,57)(H,60,61)(H,62,63);4-18,37H,1-3H2,(H,35,39)(H,42,43);2-5,10,12-18H,6-9,11H2,1H3,(H,19,20);;/q-1;;-1;;/b;;3-2+,5-4+;;/t26?,28?,37-,40-,41-,42?,44?,45?,47+;;12-,13-,14-,15?,16+;;/m1.1../s1/i18T;;8T;;/t18-,26?,28?,37+,40+,41+,42?,44?,45?,47-;;8-,12+,13+,14+,15?,16-;;/m0.0... The molecule has 6 aromatic rings. The Hall–Kier alpha value is -10.7. The number of allylic oxidation sites excluding steroid dienone is 4. The summed E-state index contributed by atoms with van der Waals surface area (Å²) in [4.78, 5) is 150. The number of phenolic OH excluding ortho intramolecular Hbond substituents is 2. The van der Waals surface area contributed by atoms with Crippen LogP contribution in [0.5, 0.6) is 11.5 Å². The average molecular weight is 2440 g/mol. The number of ether oxygens (including phenoxy) is 6. The first-order chi connectivity index (χ1) is 68.0. The number of anilines is 4. The predicted octanol–water partition coefficient (Wildman–Crippen LogP) is 11.5. The van der Waals surface area contributed by atoms with E-state index in [0.29, 0.717) is 86.9 Å². The summed E-state index contributed by atoms with van der Waals surface area (Å²) in [6.07, 6.45) is 5.41. The van der Waals surface area contributed by atoms with Gasteiger partial charge in [0.25, 0.3) is 11.8 Å². The molecule has 11 aliphatic rings. The van der Waals surface area contributed by atoms with Gasteiger partial charge in [-0.2, -0.15) is 13.2 Å². The molecule has 6 aromatic carbocycles. The summed E-state index contributed by atoms with van der Waals surface area (Å²) in [5, 5.41) is 86.2. The van der Waals surface area contributed by atoms with Crippen LogP contribution in [0.25, 0.3) is 66.8 Å². The van der Waals surface area contributed by atoms with Crippen molar-refractivity contribution in [2.45, 2.75) is 126 Å². The molecule has 8 aliphatic heterocycles. The van der Waals surface area contributed by atoms with Crippen LogP contribution >= 0.6 is 15.6 Å². The summed E-state index contributed by atoms with van der Waals surface area (Å²) < 4.78 is 105. The van der Waals surface area contributed by atoms with Crippen LogP contribution in [-0.4, -0.2) is 212 Å². The van der Waals surface area contributed by atoms with Gasteiger partial charge in [0.05, 0.1) is 113 Å². The Bertz CT molecular complexity index is 6670. The van der Waals surface area contributed by atoms with Gasteiger partial charge in [0, 0.05) is 175 Å². The Morgan fingerprint density at radius 3 is 1.42 bits per heavy atom. The minimum atomic E-state index is -4.84. The maximum atomic E-state index is 14.1. The number of aromatic carboxylic acids is 2. The molecule has 5 fully saturated rings. The molecule has 3 aliphatic carbocycles. The number of carboxylic acid groups (broad SMARTS) is 2. The van der Waals surface area contributed by atoms with E-state index >= 15 is 0 Å². The van der Waals surface area contributed by atoms with Crippen molar-refractivity contribution in [3.63, 3.8) is 0 Å². The van der Waals surface area contributed by atoms with Crippen LogP contribution in [0.3, 0.4) is 0 Å². The maximum absolute atomic E-state index is 14.1. The quantitative estimate of drug-likeness (QED) is 0.00438. The first kappa shape index (κ1) is 106. The fourth-order valence-corrected chi connectivity index (χ4v) is 19.2. The van der Waals surface area contributed by atoms with Gasteiger partial charge in [0.15, 0.2) is 10.9 Å². The number of phosphoric acid groups is 2. The Morgan fingerprint density at radius 2 is 0.979 bits per heavy atom. The molecule has 6 amide bonds. The summed E-state index contributed by atoms with van der Waals surface area (Å²) in [6, 6.07) is 40.3. The van der Waals surface area contributed by atoms with Crippen molar-refractivity contribution < 1.29 is 218 Å². The fraction of sp³-hybridized carbons (Fsp3) is 0.320. The zero-order chi connectivity index (χ0) is 101. The molecule has 8 heterocycles. The molecule has 42 heteroatoms. The van der Waals surface area contributed by atoms with Crippen molar-refractivity contribution in [1.29, 1.82) is 0 Å². The number of rotatable bonds is 35. The molecule has 0 saturated carbocycles. The number of imide groups is 2. The smallest absolute Gasteiger partial charge is 0.472 e. The summed E-state index contributed by atoms with van der Waals surface area (Å²) >= 11 is 0. The van der Waals surface area contributed by atoms with E-state index in [1.165, 1.54) is 86.0 Å². The first-order valence-electron chi connectivity index (χ1n) is 45.8. The van der Waals surface area contributed by atoms with Crippen molar-refractivity contribution in [3.05, 3.63) is 262 Å². The van der Waals surface area contributed by atoms with E-state index in [4.69, 9.17) is 58.1 Å². The van der Waals surface area contributed by atoms with Crippen molar-refractivity contribution in [3.8, 4) is 56.4 Å². The van der Waals surface area contributed by atoms with E-state index in [1.54, 1.807) is 115 Å². The van der Waals surface area contributed by atoms with Gasteiger partial charge in [-0.15, -0.1) is 0 Å². The van der Waals surface area contributed by atoms with Crippen molar-refractivity contribution >= 4 is 108 Å². The summed E-state index contributed by atoms with van der Waals surface area (Å²) in [5.41, 5.74) is 5.54. The Balaban J connectivity index is 0.000000202. The van der Waals surface area contributed by atoms with Crippen LogP contribution in [0.15, 0.2) is 225 Å². The van der Waals surface area contributed by atoms with Gasteiger partial charge >= 0.3 is 27.6 Å². The number of aromatic hydroxyl groups is 2. The zero-order valence-electron chi connectivity index (χ0n) is 78.0. The number of carboxylic acids is 2. The van der Waals surface area contributed by atoms with E-state index in [0.717, 1.165) is 20.9 Å². The van der Waals surface area contributed by atoms with E-state index in [1.807, 2.05) is 32.1 Å². The van der Waals surface area contributed by atoms with Crippen LogP contribution in [0.2, 0.25) is 0 Å². The number of aliphatic hydroxyl groups is 4. The van der Waals surface area contributed by atoms with E-state index < -0.39 is 164 Å². The monoisotopic (exact) mass is 2440 g/mol. The van der Waals surface area contributed by atoms with Gasteiger partial charge in [-0.3, -0.25) is 61.4 Å². The summed E-state index contributed by atoms with van der Waals surface area (Å²) in [5.74, 6) is -6.79. The third-order valence-electron chi connectivity index (χ3n) is 24.2. The molecule has 0 aromatic heterocycles. The van der Waals surface area contributed by atoms with Crippen molar-refractivity contribution in [1.82, 2.24) is 0 Å². The number of benzene rings is 8. The predicted molar refractivity (Wildman–Crippen MR) is 503 cm³/mol. The zero-order valence-corrected chi connectivity index (χ0v) is 86.1. The van der Waals surface area contributed by atoms with Crippen LogP contribution < -0.4 is 31.3 Å². The Morgan fingerprint density at radius 1 is 0.535 bits per heavy atom. The number of phosphoric ester groups is 2. The number of fused-ring (bicyclic) bond motifs is 5. The van der Waals surface area contributed by atoms with Crippen LogP contribution in [0.1, 0.15) is 87.0 Å². The van der Waals surface area contributed by atoms with Gasteiger partial charge < -0.3 is 98.5 Å². The number of nitrogens with zero attached hydrogens (tertiary/aromatic N) is 2. The fourth-order valence-electron chi connectivity index (χ4n) is 17.2. The van der Waals surface area contributed by atoms with Crippen LogP contribution in [0, 0.1) is 99.1 Å². The molecule has 0 bridgehead atoms. The van der Waals surface area contributed by atoms with Gasteiger partial charge in [0.1, 0.15) is 46.4 Å². The number of phenols is 2. The summed E-state index contributed by atoms with van der Waals surface area (Å²) in [7, 11) is -9.39. The largest absolute Gasteiger partial charge is 0.544 e. The molecule has 18 atom stereocenters. The Kier molecular flexibility index (Phi) is 36.3. The third kappa shape index (κ3) is 26.2. The van der Waals surface area contributed by atoms with E-state index in [-0.39, 0.29) is 187 Å². The Labute approximate surface area is 861 Å². The molecule has 12 N–H and O–H groups in total. The molecule has 17 rings (SSSR count). The molecule has 0 spiro atoms. The molecular formula is C100H100N4O34P2U2-2. The molecular weight excluding hydrogens is 2340 g/mol. The van der Waals surface area contributed by atoms with Gasteiger partial charge in [-0.25, -0.2) is 23.6 Å². The minimum absolute atomic E-state index is 0. The molecule has 0 radical (unpaired) electrons. The van der Waals surface area contributed by atoms with Crippen molar-refractivity contribution in [2.24, 2.45) is 23.7 Å². The number of nitrogens with one attached hydrogen (secondary N) is 2. The molecule has 5 saturated heterocycles. The minimum Gasteiger partial charge on any atom is -0.544 e. The second-order valence-electron chi connectivity index (χ2n) is 33.7. The number of hydrogen-bond donors (Lipinski definition) is 12. The number of carbonyl (C=O) groups excluding carboxylic acids is 6. The molecule has 8 unspecified atom stereocenters. The normalized spacial score (nSPS) is 24.5. The maximum Gasteiger partial charge on any atom is 0.472 e. The molecule has 142 heavy (non-hydrogen) atoms. The first-order valence-corrected chi connectivity index (χ1v) is 47.6. The van der Waals surface area contributed by atoms with Crippen LogP contribution in [0.4, 0.5) is 22.7 Å². The summed E-state index contributed by atoms with van der Waals surface area (Å²) in [6.45, 7) is 2.38.